The molecule has 0 N–H and O–H groups in total. The van der Waals surface area contributed by atoms with Crippen molar-refractivity contribution >= 4 is 15.6 Å². The molecule has 0 amide bonds. The van der Waals surface area contributed by atoms with Gasteiger partial charge in [0.2, 0.25) is 0 Å². The van der Waals surface area contributed by atoms with Crippen LogP contribution in [0, 0.1) is 0 Å². The van der Waals surface area contributed by atoms with Crippen LogP contribution in [0.25, 0.3) is 0 Å². The molecule has 0 bridgehead atoms. The second-order valence-electron chi connectivity index (χ2n) is 5.11. The molecule has 112 valence electrons. The van der Waals surface area contributed by atoms with Gasteiger partial charge in [-0.2, -0.15) is 0 Å². The maximum Gasteiger partial charge on any atom is 0.152 e. The number of unbranched alkanes of at least 4 members (excludes halogenated alkanes) is 2. The van der Waals surface area contributed by atoms with E-state index in [1.807, 2.05) is 0 Å². The molecule has 0 aliphatic carbocycles. The summed E-state index contributed by atoms with van der Waals surface area (Å²) < 4.78 is 23.2. The van der Waals surface area contributed by atoms with Gasteiger partial charge in [0.15, 0.2) is 9.84 Å². The standard InChI is InChI=1S/C14H22N2O3S/c1-12(2)20(18,19)10-5-3-4-7-13(17)11-14-15-8-6-9-16-14/h6,8-9,12H,3-5,7,10-11H2,1-2H3. The predicted molar refractivity (Wildman–Crippen MR) is 78.1 cm³/mol. The maximum atomic E-state index is 11.7. The third-order valence-electron chi connectivity index (χ3n) is 3.08. The van der Waals surface area contributed by atoms with Crippen LogP contribution in [0.3, 0.4) is 0 Å². The molecule has 1 aromatic rings. The van der Waals surface area contributed by atoms with Gasteiger partial charge >= 0.3 is 0 Å². The van der Waals surface area contributed by atoms with Gasteiger partial charge in [0.1, 0.15) is 11.6 Å². The third kappa shape index (κ3) is 6.23. The van der Waals surface area contributed by atoms with E-state index < -0.39 is 9.84 Å². The number of hydrogen-bond donors (Lipinski definition) is 0. The molecule has 0 saturated heterocycles. The lowest BCUT2D eigenvalue weighted by molar-refractivity contribution is -0.118. The van der Waals surface area contributed by atoms with E-state index in [1.54, 1.807) is 32.3 Å². The molecule has 0 fully saturated rings. The summed E-state index contributed by atoms with van der Waals surface area (Å²) in [5.74, 6) is 0.850. The van der Waals surface area contributed by atoms with Crippen LogP contribution in [-0.2, 0) is 21.1 Å². The second kappa shape index (κ2) is 8.09. The summed E-state index contributed by atoms with van der Waals surface area (Å²) in [5, 5.41) is -0.320. The zero-order valence-electron chi connectivity index (χ0n) is 12.1. The van der Waals surface area contributed by atoms with Gasteiger partial charge in [-0.05, 0) is 32.8 Å². The summed E-state index contributed by atoms with van der Waals surface area (Å²) in [5.41, 5.74) is 0. The molecule has 0 aromatic carbocycles. The Balaban J connectivity index is 2.17. The molecule has 1 rings (SSSR count). The molecule has 0 atom stereocenters. The van der Waals surface area contributed by atoms with Crippen molar-refractivity contribution in [3.8, 4) is 0 Å². The topological polar surface area (TPSA) is 77.0 Å². The van der Waals surface area contributed by atoms with E-state index >= 15 is 0 Å². The van der Waals surface area contributed by atoms with Crippen LogP contribution < -0.4 is 0 Å². The normalized spacial score (nSPS) is 11.8. The van der Waals surface area contributed by atoms with Crippen LogP contribution >= 0.6 is 0 Å². The van der Waals surface area contributed by atoms with E-state index in [0.29, 0.717) is 18.7 Å². The van der Waals surface area contributed by atoms with Gasteiger partial charge in [-0.15, -0.1) is 0 Å². The van der Waals surface area contributed by atoms with Crippen molar-refractivity contribution in [2.45, 2.75) is 51.2 Å². The number of carbonyl (C=O) groups excluding carboxylic acids is 1. The van der Waals surface area contributed by atoms with Crippen LogP contribution in [0.4, 0.5) is 0 Å². The summed E-state index contributed by atoms with van der Waals surface area (Å²) in [6.07, 6.45) is 6.05. The molecule has 6 heteroatoms. The Kier molecular flexibility index (Phi) is 6.78. The highest BCUT2D eigenvalue weighted by Crippen LogP contribution is 2.08. The Labute approximate surface area is 120 Å². The van der Waals surface area contributed by atoms with E-state index in [0.717, 1.165) is 12.8 Å². The van der Waals surface area contributed by atoms with Gasteiger partial charge < -0.3 is 0 Å². The number of carbonyl (C=O) groups is 1. The predicted octanol–water partition coefficient (Wildman–Crippen LogP) is 1.97. The first-order valence-electron chi connectivity index (χ1n) is 6.91. The largest absolute Gasteiger partial charge is 0.299 e. The van der Waals surface area contributed by atoms with Gasteiger partial charge in [0.25, 0.3) is 0 Å². The molecule has 5 nitrogen and oxygen atoms in total. The van der Waals surface area contributed by atoms with Crippen molar-refractivity contribution in [1.82, 2.24) is 9.97 Å². The smallest absolute Gasteiger partial charge is 0.152 e. The van der Waals surface area contributed by atoms with E-state index in [2.05, 4.69) is 9.97 Å². The van der Waals surface area contributed by atoms with E-state index in [-0.39, 0.29) is 23.2 Å². The summed E-state index contributed by atoms with van der Waals surface area (Å²) in [6, 6.07) is 1.71. The molecular formula is C14H22N2O3S. The van der Waals surface area contributed by atoms with E-state index in [1.165, 1.54) is 0 Å². The Morgan fingerprint density at radius 3 is 2.40 bits per heavy atom. The molecule has 1 aromatic heterocycles. The lowest BCUT2D eigenvalue weighted by Crippen LogP contribution is -2.17. The highest BCUT2D eigenvalue weighted by Gasteiger charge is 2.15. The average molecular weight is 298 g/mol. The molecule has 0 aliphatic rings. The molecule has 1 heterocycles. The minimum absolute atomic E-state index is 0.0999. The summed E-state index contributed by atoms with van der Waals surface area (Å²) in [6.45, 7) is 3.39. The number of rotatable bonds is 9. The fraction of sp³-hybridized carbons (Fsp3) is 0.643. The summed E-state index contributed by atoms with van der Waals surface area (Å²) >= 11 is 0. The lowest BCUT2D eigenvalue weighted by atomic mass is 10.1. The van der Waals surface area contributed by atoms with E-state index in [9.17, 15) is 13.2 Å². The quantitative estimate of drug-likeness (QED) is 0.651. The first-order chi connectivity index (χ1) is 9.42. The lowest BCUT2D eigenvalue weighted by Gasteiger charge is -2.06. The van der Waals surface area contributed by atoms with Crippen LogP contribution in [0.15, 0.2) is 18.5 Å². The zero-order valence-corrected chi connectivity index (χ0v) is 12.9. The minimum Gasteiger partial charge on any atom is -0.299 e. The second-order valence-corrected chi connectivity index (χ2v) is 7.78. The van der Waals surface area contributed by atoms with E-state index in [4.69, 9.17) is 0 Å². The number of nitrogens with zero attached hydrogens (tertiary/aromatic N) is 2. The SMILES string of the molecule is CC(C)S(=O)(=O)CCCCCC(=O)Cc1ncccn1. The molecule has 0 saturated carbocycles. The van der Waals surface area contributed by atoms with Gasteiger partial charge in [0.05, 0.1) is 17.4 Å². The molecular weight excluding hydrogens is 276 g/mol. The average Bonchev–Trinajstić information content (AvgIpc) is 2.39. The summed E-state index contributed by atoms with van der Waals surface area (Å²) in [4.78, 5) is 19.7. The highest BCUT2D eigenvalue weighted by atomic mass is 32.2. The minimum atomic E-state index is -2.95. The molecule has 0 radical (unpaired) electrons. The van der Waals surface area contributed by atoms with Gasteiger partial charge in [-0.3, -0.25) is 4.79 Å². The molecule has 0 unspecified atom stereocenters. The number of ketones is 1. The van der Waals surface area contributed by atoms with Gasteiger partial charge in [-0.25, -0.2) is 18.4 Å². The fourth-order valence-electron chi connectivity index (χ4n) is 1.72. The summed E-state index contributed by atoms with van der Waals surface area (Å²) in [7, 11) is -2.95. The van der Waals surface area contributed by atoms with Crippen molar-refractivity contribution in [2.24, 2.45) is 0 Å². The first kappa shape index (κ1) is 16.8. The highest BCUT2D eigenvalue weighted by molar-refractivity contribution is 7.91. The number of sulfone groups is 1. The van der Waals surface area contributed by atoms with Crippen LogP contribution in [0.2, 0.25) is 0 Å². The van der Waals surface area contributed by atoms with Crippen molar-refractivity contribution in [3.05, 3.63) is 24.3 Å². The zero-order chi connectivity index (χ0) is 15.0. The molecule has 20 heavy (non-hydrogen) atoms. The van der Waals surface area contributed by atoms with Gasteiger partial charge in [-0.1, -0.05) is 6.42 Å². The van der Waals surface area contributed by atoms with Crippen molar-refractivity contribution in [1.29, 1.82) is 0 Å². The third-order valence-corrected chi connectivity index (χ3v) is 5.37. The van der Waals surface area contributed by atoms with Crippen molar-refractivity contribution in [3.63, 3.8) is 0 Å². The Hall–Kier alpha value is -1.30. The molecule has 0 aliphatic heterocycles. The Morgan fingerprint density at radius 2 is 1.80 bits per heavy atom. The van der Waals surface area contributed by atoms with Gasteiger partial charge in [0, 0.05) is 18.8 Å². The monoisotopic (exact) mass is 298 g/mol. The Bertz CT molecular complexity index is 512. The van der Waals surface area contributed by atoms with Crippen LogP contribution in [0.1, 0.15) is 45.4 Å². The fourth-order valence-corrected chi connectivity index (χ4v) is 2.80. The number of hydrogen-bond acceptors (Lipinski definition) is 5. The Morgan fingerprint density at radius 1 is 1.15 bits per heavy atom. The van der Waals surface area contributed by atoms with Crippen molar-refractivity contribution < 1.29 is 13.2 Å². The van der Waals surface area contributed by atoms with Crippen LogP contribution in [0.5, 0.6) is 0 Å². The first-order valence-corrected chi connectivity index (χ1v) is 8.62. The van der Waals surface area contributed by atoms with Crippen molar-refractivity contribution in [2.75, 3.05) is 5.75 Å². The van der Waals surface area contributed by atoms with Crippen LogP contribution in [-0.4, -0.2) is 35.2 Å². The number of Topliss-reactive ketones (excluding diaryl/α,β-unsaturated/α-hetero) is 1. The maximum absolute atomic E-state index is 11.7. The molecule has 0 spiro atoms. The number of aromatic nitrogens is 2.